The van der Waals surface area contributed by atoms with Crippen LogP contribution in [0.1, 0.15) is 34.7 Å². The van der Waals surface area contributed by atoms with Crippen molar-refractivity contribution in [3.05, 3.63) is 58.7 Å². The minimum atomic E-state index is -0.365. The predicted molar refractivity (Wildman–Crippen MR) is 137 cm³/mol. The number of methoxy groups -OCH3 is 4. The summed E-state index contributed by atoms with van der Waals surface area (Å²) in [5, 5.41) is 6.23. The second-order valence-electron chi connectivity index (χ2n) is 8.66. The molecule has 0 bridgehead atoms. The molecular formula is C27H35N3O6. The average Bonchev–Trinajstić information content (AvgIpc) is 3.33. The molecular weight excluding hydrogens is 462 g/mol. The molecule has 0 aliphatic carbocycles. The van der Waals surface area contributed by atoms with E-state index < -0.39 is 0 Å². The first-order valence-electron chi connectivity index (χ1n) is 11.8. The van der Waals surface area contributed by atoms with Gasteiger partial charge in [0.15, 0.2) is 11.5 Å². The highest BCUT2D eigenvalue weighted by molar-refractivity contribution is 6.03. The molecule has 36 heavy (non-hydrogen) atoms. The third kappa shape index (κ3) is 6.22. The Hall–Kier alpha value is -3.43. The van der Waals surface area contributed by atoms with E-state index in [1.807, 2.05) is 24.3 Å². The zero-order chi connectivity index (χ0) is 26.2. The van der Waals surface area contributed by atoms with Crippen LogP contribution in [0.25, 0.3) is 0 Å². The van der Waals surface area contributed by atoms with Gasteiger partial charge < -0.3 is 23.8 Å². The molecule has 0 saturated heterocycles. The van der Waals surface area contributed by atoms with Crippen LogP contribution in [0.5, 0.6) is 11.5 Å². The van der Waals surface area contributed by atoms with Gasteiger partial charge in [-0.2, -0.15) is 5.10 Å². The van der Waals surface area contributed by atoms with Crippen molar-refractivity contribution in [1.29, 1.82) is 0 Å². The predicted octanol–water partition coefficient (Wildman–Crippen LogP) is 3.12. The van der Waals surface area contributed by atoms with E-state index in [1.165, 1.54) is 22.6 Å². The Bertz CT molecular complexity index is 1120. The van der Waals surface area contributed by atoms with Gasteiger partial charge in [0.1, 0.15) is 13.2 Å². The maximum Gasteiger partial charge on any atom is 0.262 e. The number of rotatable bonds is 11. The molecule has 3 rings (SSSR count). The lowest BCUT2D eigenvalue weighted by Gasteiger charge is -2.27. The molecule has 0 spiro atoms. The lowest BCUT2D eigenvalue weighted by Crippen LogP contribution is -2.44. The second kappa shape index (κ2) is 12.5. The number of hydrogen-bond donors (Lipinski definition) is 0. The SMILES string of the molecule is COCCN(CC(=O)N1N=C(c2ccc(C)c(C)c2)C[C@H]1c1ccc(OC)c(OC)c1)C(=O)COC. The maximum atomic E-state index is 13.6. The Kier molecular flexibility index (Phi) is 9.44. The van der Waals surface area contributed by atoms with E-state index in [0.717, 1.165) is 22.4 Å². The van der Waals surface area contributed by atoms with Gasteiger partial charge in [-0.3, -0.25) is 9.59 Å². The van der Waals surface area contributed by atoms with Gasteiger partial charge in [0.05, 0.1) is 32.6 Å². The van der Waals surface area contributed by atoms with Gasteiger partial charge in [0.2, 0.25) is 5.91 Å². The molecule has 0 aromatic heterocycles. The Morgan fingerprint density at radius 1 is 0.972 bits per heavy atom. The van der Waals surface area contributed by atoms with Crippen molar-refractivity contribution in [3.8, 4) is 11.5 Å². The average molecular weight is 498 g/mol. The van der Waals surface area contributed by atoms with E-state index in [9.17, 15) is 9.59 Å². The molecule has 0 saturated carbocycles. The number of nitrogens with zero attached hydrogens (tertiary/aromatic N) is 3. The van der Waals surface area contributed by atoms with Gasteiger partial charge in [0.25, 0.3) is 5.91 Å². The quantitative estimate of drug-likeness (QED) is 0.474. The van der Waals surface area contributed by atoms with Crippen molar-refractivity contribution < 1.29 is 28.5 Å². The van der Waals surface area contributed by atoms with Crippen LogP contribution in [0.3, 0.4) is 0 Å². The molecule has 1 aliphatic heterocycles. The highest BCUT2D eigenvalue weighted by Gasteiger charge is 2.35. The van der Waals surface area contributed by atoms with Gasteiger partial charge in [-0.05, 0) is 54.3 Å². The van der Waals surface area contributed by atoms with E-state index in [4.69, 9.17) is 24.0 Å². The third-order valence-electron chi connectivity index (χ3n) is 6.31. The monoisotopic (exact) mass is 497 g/mol. The van der Waals surface area contributed by atoms with Crippen LogP contribution >= 0.6 is 0 Å². The third-order valence-corrected chi connectivity index (χ3v) is 6.31. The molecule has 9 heteroatoms. The Labute approximate surface area is 212 Å². The van der Waals surface area contributed by atoms with E-state index in [0.29, 0.717) is 24.5 Å². The summed E-state index contributed by atoms with van der Waals surface area (Å²) in [4.78, 5) is 27.6. The minimum Gasteiger partial charge on any atom is -0.493 e. The number of hydrogen-bond acceptors (Lipinski definition) is 7. The van der Waals surface area contributed by atoms with E-state index in [2.05, 4.69) is 26.0 Å². The Balaban J connectivity index is 1.97. The second-order valence-corrected chi connectivity index (χ2v) is 8.66. The van der Waals surface area contributed by atoms with Crippen molar-refractivity contribution in [2.24, 2.45) is 5.10 Å². The van der Waals surface area contributed by atoms with Crippen LogP contribution in [-0.4, -0.2) is 82.2 Å². The van der Waals surface area contributed by atoms with Gasteiger partial charge in [-0.15, -0.1) is 0 Å². The molecule has 1 aliphatic rings. The molecule has 0 unspecified atom stereocenters. The lowest BCUT2D eigenvalue weighted by atomic mass is 9.96. The zero-order valence-electron chi connectivity index (χ0n) is 21.9. The first kappa shape index (κ1) is 27.2. The minimum absolute atomic E-state index is 0.118. The van der Waals surface area contributed by atoms with E-state index in [-0.39, 0.29) is 37.6 Å². The highest BCUT2D eigenvalue weighted by Crippen LogP contribution is 2.37. The molecule has 2 amide bonds. The Morgan fingerprint density at radius 3 is 2.36 bits per heavy atom. The molecule has 2 aromatic carbocycles. The number of hydrazone groups is 1. The topological polar surface area (TPSA) is 89.9 Å². The number of carbonyl (C=O) groups is 2. The fourth-order valence-electron chi connectivity index (χ4n) is 4.10. The number of benzene rings is 2. The fourth-order valence-corrected chi connectivity index (χ4v) is 4.10. The molecule has 194 valence electrons. The van der Waals surface area contributed by atoms with Crippen LogP contribution in [0.2, 0.25) is 0 Å². The molecule has 0 fully saturated rings. The van der Waals surface area contributed by atoms with Gasteiger partial charge in [-0.1, -0.05) is 18.2 Å². The Morgan fingerprint density at radius 2 is 1.72 bits per heavy atom. The van der Waals surface area contributed by atoms with E-state index in [1.54, 1.807) is 21.3 Å². The highest BCUT2D eigenvalue weighted by atomic mass is 16.5. The number of carbonyl (C=O) groups excluding carboxylic acids is 2. The van der Waals surface area contributed by atoms with Crippen LogP contribution < -0.4 is 9.47 Å². The zero-order valence-corrected chi connectivity index (χ0v) is 21.9. The van der Waals surface area contributed by atoms with Crippen molar-refractivity contribution in [3.63, 3.8) is 0 Å². The number of aryl methyl sites for hydroxylation is 2. The summed E-state index contributed by atoms with van der Waals surface area (Å²) in [7, 11) is 6.15. The fraction of sp³-hybridized carbons (Fsp3) is 0.444. The summed E-state index contributed by atoms with van der Waals surface area (Å²) in [6.07, 6.45) is 0.522. The smallest absolute Gasteiger partial charge is 0.262 e. The standard InChI is InChI=1S/C27H35N3O6/c1-18-7-8-20(13-19(18)2)22-15-23(21-9-10-24(35-5)25(14-21)36-6)30(28-22)26(31)16-29(11-12-33-3)27(32)17-34-4/h7-10,13-14,23H,11-12,15-17H2,1-6H3/t23-/m0/s1. The summed E-state index contributed by atoms with van der Waals surface area (Å²) in [6, 6.07) is 11.4. The lowest BCUT2D eigenvalue weighted by molar-refractivity contribution is -0.144. The summed E-state index contributed by atoms with van der Waals surface area (Å²) in [6.45, 7) is 4.43. The molecule has 0 N–H and O–H groups in total. The van der Waals surface area contributed by atoms with Crippen molar-refractivity contribution in [2.75, 3.05) is 54.7 Å². The number of ether oxygens (including phenoxy) is 4. The summed E-state index contributed by atoms with van der Waals surface area (Å²) in [5.74, 6) is 0.583. The van der Waals surface area contributed by atoms with Crippen LogP contribution in [0.15, 0.2) is 41.5 Å². The van der Waals surface area contributed by atoms with Gasteiger partial charge in [-0.25, -0.2) is 5.01 Å². The maximum absolute atomic E-state index is 13.6. The van der Waals surface area contributed by atoms with Crippen molar-refractivity contribution in [1.82, 2.24) is 9.91 Å². The largest absolute Gasteiger partial charge is 0.493 e. The summed E-state index contributed by atoms with van der Waals surface area (Å²) < 4.78 is 21.0. The molecule has 1 heterocycles. The number of amides is 2. The van der Waals surface area contributed by atoms with Gasteiger partial charge >= 0.3 is 0 Å². The molecule has 2 aromatic rings. The molecule has 1 atom stereocenters. The van der Waals surface area contributed by atoms with Crippen molar-refractivity contribution >= 4 is 17.5 Å². The molecule has 9 nitrogen and oxygen atoms in total. The normalized spacial score (nSPS) is 15.0. The summed E-state index contributed by atoms with van der Waals surface area (Å²) >= 11 is 0. The first-order chi connectivity index (χ1) is 17.3. The summed E-state index contributed by atoms with van der Waals surface area (Å²) in [5.41, 5.74) is 4.96. The van der Waals surface area contributed by atoms with Gasteiger partial charge in [0, 0.05) is 27.2 Å². The van der Waals surface area contributed by atoms with Crippen LogP contribution in [-0.2, 0) is 19.1 Å². The van der Waals surface area contributed by atoms with Crippen LogP contribution in [0.4, 0.5) is 0 Å². The first-order valence-corrected chi connectivity index (χ1v) is 11.8. The molecule has 0 radical (unpaired) electrons. The van der Waals surface area contributed by atoms with Crippen LogP contribution in [0, 0.1) is 13.8 Å². The van der Waals surface area contributed by atoms with Crippen molar-refractivity contribution in [2.45, 2.75) is 26.3 Å². The van der Waals surface area contributed by atoms with E-state index >= 15 is 0 Å².